The molecule has 0 bridgehead atoms. The minimum absolute atomic E-state index is 0.0339. The van der Waals surface area contributed by atoms with Crippen molar-refractivity contribution < 1.29 is 18.3 Å². The Bertz CT molecular complexity index is 595. The predicted octanol–water partition coefficient (Wildman–Crippen LogP) is 1.28. The molecule has 0 atom stereocenters. The molecule has 0 aliphatic rings. The summed E-state index contributed by atoms with van der Waals surface area (Å²) in [7, 11) is 0. The molecule has 0 fully saturated rings. The van der Waals surface area contributed by atoms with Gasteiger partial charge in [0.15, 0.2) is 0 Å². The molecule has 19 heavy (non-hydrogen) atoms. The highest BCUT2D eigenvalue weighted by Crippen LogP contribution is 2.17. The number of halogens is 2. The number of hydrogen-bond acceptors (Lipinski definition) is 4. The Hall–Kier alpha value is -2.51. The van der Waals surface area contributed by atoms with Gasteiger partial charge in [0.1, 0.15) is 11.6 Å². The quantitative estimate of drug-likeness (QED) is 0.905. The van der Waals surface area contributed by atoms with Crippen molar-refractivity contribution in [2.45, 2.75) is 13.5 Å². The third-order valence-corrected chi connectivity index (χ3v) is 2.30. The lowest BCUT2D eigenvalue weighted by Gasteiger charge is -2.06. The van der Waals surface area contributed by atoms with Crippen molar-refractivity contribution >= 4 is 5.91 Å². The van der Waals surface area contributed by atoms with E-state index >= 15 is 0 Å². The number of alkyl halides is 2. The summed E-state index contributed by atoms with van der Waals surface area (Å²) in [6, 6.07) is 5.77. The first-order chi connectivity index (χ1) is 8.97. The monoisotopic (exact) mass is 268 g/mol. The molecule has 0 saturated heterocycles. The van der Waals surface area contributed by atoms with E-state index in [2.05, 4.69) is 14.8 Å². The van der Waals surface area contributed by atoms with Gasteiger partial charge in [-0.25, -0.2) is 9.67 Å². The van der Waals surface area contributed by atoms with Crippen LogP contribution in [0, 0.1) is 6.92 Å². The molecule has 1 aromatic heterocycles. The average molecular weight is 268 g/mol. The molecule has 2 N–H and O–H groups in total. The zero-order valence-corrected chi connectivity index (χ0v) is 9.88. The highest BCUT2D eigenvalue weighted by molar-refractivity contribution is 5.88. The second kappa shape index (κ2) is 5.01. The number of nitrogens with two attached hydrogens (primary N) is 1. The van der Waals surface area contributed by atoms with E-state index in [1.165, 1.54) is 28.9 Å². The summed E-state index contributed by atoms with van der Waals surface area (Å²) in [6.07, 6.45) is 0. The smallest absolute Gasteiger partial charge is 0.387 e. The number of aromatic nitrogens is 3. The first-order valence-corrected chi connectivity index (χ1v) is 5.26. The number of primary amides is 1. The van der Waals surface area contributed by atoms with Crippen LogP contribution in [0.4, 0.5) is 8.78 Å². The Morgan fingerprint density at radius 2 is 2.00 bits per heavy atom. The van der Waals surface area contributed by atoms with Crippen LogP contribution in [0.3, 0.4) is 0 Å². The number of rotatable bonds is 4. The summed E-state index contributed by atoms with van der Waals surface area (Å²) < 4.78 is 29.6. The molecule has 1 amide bonds. The summed E-state index contributed by atoms with van der Waals surface area (Å²) >= 11 is 0. The molecule has 8 heteroatoms. The molecule has 0 radical (unpaired) electrons. The molecular formula is C11H10F2N4O2. The van der Waals surface area contributed by atoms with Gasteiger partial charge in [0.05, 0.1) is 5.69 Å². The Kier molecular flexibility index (Phi) is 3.41. The molecule has 0 aliphatic heterocycles. The number of carbonyl (C=O) groups excluding carboxylic acids is 1. The van der Waals surface area contributed by atoms with E-state index in [1.807, 2.05) is 0 Å². The predicted molar refractivity (Wildman–Crippen MR) is 61.2 cm³/mol. The lowest BCUT2D eigenvalue weighted by Crippen LogP contribution is -2.13. The van der Waals surface area contributed by atoms with Crippen molar-refractivity contribution in [2.75, 3.05) is 0 Å². The van der Waals surface area contributed by atoms with Gasteiger partial charge in [0, 0.05) is 0 Å². The number of aryl methyl sites for hydroxylation is 1. The lowest BCUT2D eigenvalue weighted by atomic mass is 10.3. The summed E-state index contributed by atoms with van der Waals surface area (Å²) in [6.45, 7) is -1.23. The Morgan fingerprint density at radius 3 is 2.47 bits per heavy atom. The molecule has 6 nitrogen and oxygen atoms in total. The molecule has 2 rings (SSSR count). The molecule has 1 aromatic carbocycles. The standard InChI is InChI=1S/C11H10F2N4O2/c1-6-15-10(9(14)18)16-17(6)7-2-4-8(5-3-7)19-11(12)13/h2-5,11H,1H3,(H2,14,18). The molecule has 0 saturated carbocycles. The number of benzene rings is 1. The van der Waals surface area contributed by atoms with E-state index in [4.69, 9.17) is 5.73 Å². The maximum atomic E-state index is 12.0. The lowest BCUT2D eigenvalue weighted by molar-refractivity contribution is -0.0498. The summed E-state index contributed by atoms with van der Waals surface area (Å²) in [5, 5.41) is 3.91. The normalized spacial score (nSPS) is 10.7. The maximum Gasteiger partial charge on any atom is 0.387 e. The minimum atomic E-state index is -2.87. The van der Waals surface area contributed by atoms with Gasteiger partial charge in [-0.15, -0.1) is 5.10 Å². The number of amides is 1. The second-order valence-corrected chi connectivity index (χ2v) is 3.63. The van der Waals surface area contributed by atoms with E-state index in [1.54, 1.807) is 6.92 Å². The molecule has 100 valence electrons. The van der Waals surface area contributed by atoms with Gasteiger partial charge in [-0.05, 0) is 31.2 Å². The zero-order valence-electron chi connectivity index (χ0n) is 9.88. The van der Waals surface area contributed by atoms with Crippen LogP contribution in [0.2, 0.25) is 0 Å². The number of nitrogens with zero attached hydrogens (tertiary/aromatic N) is 3. The fourth-order valence-corrected chi connectivity index (χ4v) is 1.51. The van der Waals surface area contributed by atoms with Crippen molar-refractivity contribution in [1.29, 1.82) is 0 Å². The van der Waals surface area contributed by atoms with E-state index in [0.717, 1.165) is 0 Å². The van der Waals surface area contributed by atoms with Crippen LogP contribution in [0.5, 0.6) is 5.75 Å². The van der Waals surface area contributed by atoms with Gasteiger partial charge in [0.2, 0.25) is 5.82 Å². The van der Waals surface area contributed by atoms with Gasteiger partial charge < -0.3 is 10.5 Å². The van der Waals surface area contributed by atoms with Crippen LogP contribution in [0.25, 0.3) is 5.69 Å². The van der Waals surface area contributed by atoms with Gasteiger partial charge >= 0.3 is 6.61 Å². The summed E-state index contributed by atoms with van der Waals surface area (Å²) in [4.78, 5) is 14.8. The average Bonchev–Trinajstić information content (AvgIpc) is 2.72. The molecule has 2 aromatic rings. The molecule has 0 unspecified atom stereocenters. The summed E-state index contributed by atoms with van der Waals surface area (Å²) in [5.74, 6) is -0.354. The van der Waals surface area contributed by atoms with Gasteiger partial charge in [-0.2, -0.15) is 8.78 Å². The third kappa shape index (κ3) is 2.84. The summed E-state index contributed by atoms with van der Waals surface area (Å²) in [5.41, 5.74) is 5.63. The molecular weight excluding hydrogens is 258 g/mol. The minimum Gasteiger partial charge on any atom is -0.435 e. The fraction of sp³-hybridized carbons (Fsp3) is 0.182. The molecule has 0 spiro atoms. The zero-order chi connectivity index (χ0) is 14.0. The van der Waals surface area contributed by atoms with Crippen LogP contribution in [0.15, 0.2) is 24.3 Å². The number of hydrogen-bond donors (Lipinski definition) is 1. The van der Waals surface area contributed by atoms with E-state index in [9.17, 15) is 13.6 Å². The van der Waals surface area contributed by atoms with E-state index < -0.39 is 12.5 Å². The Balaban J connectivity index is 2.29. The van der Waals surface area contributed by atoms with Crippen molar-refractivity contribution in [3.05, 3.63) is 35.9 Å². The van der Waals surface area contributed by atoms with Crippen molar-refractivity contribution in [2.24, 2.45) is 5.73 Å². The largest absolute Gasteiger partial charge is 0.435 e. The number of carbonyl (C=O) groups is 1. The van der Waals surface area contributed by atoms with Gasteiger partial charge in [0.25, 0.3) is 5.91 Å². The van der Waals surface area contributed by atoms with Crippen molar-refractivity contribution in [3.63, 3.8) is 0 Å². The van der Waals surface area contributed by atoms with E-state index in [0.29, 0.717) is 11.5 Å². The first-order valence-electron chi connectivity index (χ1n) is 5.26. The van der Waals surface area contributed by atoms with Crippen LogP contribution in [0.1, 0.15) is 16.4 Å². The molecule has 0 aliphatic carbocycles. The van der Waals surface area contributed by atoms with Crippen molar-refractivity contribution in [3.8, 4) is 11.4 Å². The maximum absolute atomic E-state index is 12.0. The highest BCUT2D eigenvalue weighted by Gasteiger charge is 2.12. The van der Waals surface area contributed by atoms with Gasteiger partial charge in [-0.3, -0.25) is 4.79 Å². The van der Waals surface area contributed by atoms with Crippen LogP contribution >= 0.6 is 0 Å². The SMILES string of the molecule is Cc1nc(C(N)=O)nn1-c1ccc(OC(F)F)cc1. The third-order valence-electron chi connectivity index (χ3n) is 2.30. The number of ether oxygens (including phenoxy) is 1. The first kappa shape index (κ1) is 12.9. The molecule has 1 heterocycles. The highest BCUT2D eigenvalue weighted by atomic mass is 19.3. The van der Waals surface area contributed by atoms with Crippen molar-refractivity contribution in [1.82, 2.24) is 14.8 Å². The second-order valence-electron chi connectivity index (χ2n) is 3.63. The van der Waals surface area contributed by atoms with Gasteiger partial charge in [-0.1, -0.05) is 0 Å². The van der Waals surface area contributed by atoms with Crippen LogP contribution < -0.4 is 10.5 Å². The Morgan fingerprint density at radius 1 is 1.37 bits per heavy atom. The fourth-order valence-electron chi connectivity index (χ4n) is 1.51. The van der Waals surface area contributed by atoms with Crippen LogP contribution in [-0.2, 0) is 0 Å². The van der Waals surface area contributed by atoms with Crippen LogP contribution in [-0.4, -0.2) is 27.3 Å². The Labute approximate surface area is 106 Å². The topological polar surface area (TPSA) is 83.0 Å². The van der Waals surface area contributed by atoms with E-state index in [-0.39, 0.29) is 11.6 Å².